The Bertz CT molecular complexity index is 347. The summed E-state index contributed by atoms with van der Waals surface area (Å²) in [5, 5.41) is 6.17. The van der Waals surface area contributed by atoms with Crippen LogP contribution in [0.3, 0.4) is 0 Å². The standard InChI is InChI=1S/C13H24N4O2.2ClH/c1-10(17-7-5-14-6-8-17)13(19)16(2)9-12(18)15-11-3-4-11;;/h10-11,14H,3-9H2,1-2H3,(H,15,18);2*1H. The molecule has 0 spiro atoms. The molecule has 1 saturated heterocycles. The molecule has 0 aromatic carbocycles. The third-order valence-corrected chi connectivity index (χ3v) is 3.76. The molecule has 2 aliphatic rings. The van der Waals surface area contributed by atoms with Crippen molar-refractivity contribution in [3.8, 4) is 0 Å². The van der Waals surface area contributed by atoms with Gasteiger partial charge in [0.2, 0.25) is 11.8 Å². The van der Waals surface area contributed by atoms with Crippen molar-refractivity contribution >= 4 is 36.6 Å². The van der Waals surface area contributed by atoms with E-state index in [1.54, 1.807) is 7.05 Å². The second-order valence-electron chi connectivity index (χ2n) is 5.50. The summed E-state index contributed by atoms with van der Waals surface area (Å²) in [4.78, 5) is 27.6. The first kappa shape index (κ1) is 20.4. The molecule has 1 saturated carbocycles. The number of rotatable bonds is 5. The van der Waals surface area contributed by atoms with Crippen molar-refractivity contribution in [2.45, 2.75) is 31.8 Å². The Morgan fingerprint density at radius 2 is 1.86 bits per heavy atom. The van der Waals surface area contributed by atoms with Gasteiger partial charge in [0.05, 0.1) is 12.6 Å². The predicted octanol–water partition coefficient (Wildman–Crippen LogP) is -0.139. The minimum Gasteiger partial charge on any atom is -0.352 e. The molecule has 1 aliphatic heterocycles. The van der Waals surface area contributed by atoms with Gasteiger partial charge in [0.25, 0.3) is 0 Å². The molecule has 1 aliphatic carbocycles. The summed E-state index contributed by atoms with van der Waals surface area (Å²) in [5.41, 5.74) is 0. The first-order valence-electron chi connectivity index (χ1n) is 7.07. The Morgan fingerprint density at radius 1 is 1.29 bits per heavy atom. The lowest BCUT2D eigenvalue weighted by Crippen LogP contribution is -2.54. The van der Waals surface area contributed by atoms with Crippen LogP contribution in [0.5, 0.6) is 0 Å². The molecule has 124 valence electrons. The lowest BCUT2D eigenvalue weighted by atomic mass is 10.2. The molecule has 0 bridgehead atoms. The van der Waals surface area contributed by atoms with E-state index < -0.39 is 0 Å². The Hall–Kier alpha value is -0.560. The molecule has 1 unspecified atom stereocenters. The van der Waals surface area contributed by atoms with Crippen molar-refractivity contribution in [3.63, 3.8) is 0 Å². The molecule has 2 fully saturated rings. The second-order valence-corrected chi connectivity index (χ2v) is 5.50. The van der Waals surface area contributed by atoms with Crippen LogP contribution >= 0.6 is 24.8 Å². The summed E-state index contributed by atoms with van der Waals surface area (Å²) in [5.74, 6) is -0.0290. The van der Waals surface area contributed by atoms with Gasteiger partial charge < -0.3 is 15.5 Å². The van der Waals surface area contributed by atoms with Gasteiger partial charge >= 0.3 is 0 Å². The maximum absolute atomic E-state index is 12.3. The van der Waals surface area contributed by atoms with Crippen LogP contribution in [0.25, 0.3) is 0 Å². The lowest BCUT2D eigenvalue weighted by Gasteiger charge is -2.33. The molecule has 2 N–H and O–H groups in total. The summed E-state index contributed by atoms with van der Waals surface area (Å²) >= 11 is 0. The number of hydrogen-bond acceptors (Lipinski definition) is 4. The number of carbonyl (C=O) groups excluding carboxylic acids is 2. The molecule has 0 aromatic heterocycles. The van der Waals surface area contributed by atoms with Crippen LogP contribution < -0.4 is 10.6 Å². The van der Waals surface area contributed by atoms with Crippen molar-refractivity contribution in [2.24, 2.45) is 0 Å². The highest BCUT2D eigenvalue weighted by atomic mass is 35.5. The predicted molar refractivity (Wildman–Crippen MR) is 87.2 cm³/mol. The summed E-state index contributed by atoms with van der Waals surface area (Å²) in [6.45, 7) is 5.69. The van der Waals surface area contributed by atoms with E-state index in [4.69, 9.17) is 0 Å². The van der Waals surface area contributed by atoms with E-state index in [1.165, 1.54) is 4.90 Å². The number of nitrogens with one attached hydrogen (secondary N) is 2. The van der Waals surface area contributed by atoms with Crippen LogP contribution in [0, 0.1) is 0 Å². The second kappa shape index (κ2) is 9.46. The van der Waals surface area contributed by atoms with Crippen LogP contribution in [0.1, 0.15) is 19.8 Å². The average Bonchev–Trinajstić information content (AvgIpc) is 3.21. The molecule has 0 radical (unpaired) electrons. The highest BCUT2D eigenvalue weighted by Gasteiger charge is 2.28. The molecule has 1 atom stereocenters. The number of amides is 2. The highest BCUT2D eigenvalue weighted by Crippen LogP contribution is 2.18. The normalized spacial score (nSPS) is 19.7. The van der Waals surface area contributed by atoms with Gasteiger partial charge in [-0.2, -0.15) is 0 Å². The fraction of sp³-hybridized carbons (Fsp3) is 0.846. The Labute approximate surface area is 138 Å². The first-order valence-corrected chi connectivity index (χ1v) is 7.07. The van der Waals surface area contributed by atoms with Crippen LogP contribution in [0.2, 0.25) is 0 Å². The lowest BCUT2D eigenvalue weighted by molar-refractivity contribution is -0.139. The molecule has 8 heteroatoms. The quantitative estimate of drug-likeness (QED) is 0.731. The number of nitrogens with zero attached hydrogens (tertiary/aromatic N) is 2. The van der Waals surface area contributed by atoms with E-state index in [-0.39, 0.29) is 49.2 Å². The fourth-order valence-corrected chi connectivity index (χ4v) is 2.34. The number of likely N-dealkylation sites (N-methyl/N-ethyl adjacent to an activating group) is 1. The third-order valence-electron chi connectivity index (χ3n) is 3.76. The molecule has 21 heavy (non-hydrogen) atoms. The maximum atomic E-state index is 12.3. The molecular formula is C13H26Cl2N4O2. The van der Waals surface area contributed by atoms with E-state index in [9.17, 15) is 9.59 Å². The molecular weight excluding hydrogens is 315 g/mol. The van der Waals surface area contributed by atoms with Gasteiger partial charge in [0.1, 0.15) is 0 Å². The molecule has 6 nitrogen and oxygen atoms in total. The van der Waals surface area contributed by atoms with Gasteiger partial charge in [0, 0.05) is 39.3 Å². The maximum Gasteiger partial charge on any atom is 0.239 e. The van der Waals surface area contributed by atoms with Gasteiger partial charge in [-0.1, -0.05) is 0 Å². The Morgan fingerprint density at radius 3 is 2.38 bits per heavy atom. The summed E-state index contributed by atoms with van der Waals surface area (Å²) < 4.78 is 0. The van der Waals surface area contributed by atoms with Crippen LogP contribution in [0.4, 0.5) is 0 Å². The number of carbonyl (C=O) groups is 2. The van der Waals surface area contributed by atoms with E-state index in [0.29, 0.717) is 6.04 Å². The van der Waals surface area contributed by atoms with Crippen molar-refractivity contribution in [2.75, 3.05) is 39.8 Å². The molecule has 0 aromatic rings. The SMILES string of the molecule is CC(C(=O)N(C)CC(=O)NC1CC1)N1CCNCC1.Cl.Cl. The smallest absolute Gasteiger partial charge is 0.239 e. The van der Waals surface area contributed by atoms with Gasteiger partial charge in [-0.05, 0) is 19.8 Å². The van der Waals surface area contributed by atoms with Crippen molar-refractivity contribution in [3.05, 3.63) is 0 Å². The number of piperazine rings is 1. The van der Waals surface area contributed by atoms with Crippen LogP contribution in [0.15, 0.2) is 0 Å². The first-order chi connectivity index (χ1) is 9.08. The van der Waals surface area contributed by atoms with E-state index in [0.717, 1.165) is 39.0 Å². The fourth-order valence-electron chi connectivity index (χ4n) is 2.34. The van der Waals surface area contributed by atoms with Crippen LogP contribution in [-0.4, -0.2) is 73.5 Å². The zero-order valence-electron chi connectivity index (χ0n) is 12.6. The van der Waals surface area contributed by atoms with Crippen LogP contribution in [-0.2, 0) is 9.59 Å². The van der Waals surface area contributed by atoms with Gasteiger partial charge in [0.15, 0.2) is 0 Å². The minimum absolute atomic E-state index is 0. The minimum atomic E-state index is -0.152. The highest BCUT2D eigenvalue weighted by molar-refractivity contribution is 5.87. The topological polar surface area (TPSA) is 64.7 Å². The van der Waals surface area contributed by atoms with E-state index in [1.807, 2.05) is 6.92 Å². The third kappa shape index (κ3) is 6.38. The van der Waals surface area contributed by atoms with Gasteiger partial charge in [-0.25, -0.2) is 0 Å². The number of hydrogen-bond donors (Lipinski definition) is 2. The zero-order valence-corrected chi connectivity index (χ0v) is 14.3. The van der Waals surface area contributed by atoms with Crippen molar-refractivity contribution < 1.29 is 9.59 Å². The molecule has 2 amide bonds. The van der Waals surface area contributed by atoms with Gasteiger partial charge in [-0.15, -0.1) is 24.8 Å². The Balaban J connectivity index is 0.00000200. The Kier molecular flexibility index (Phi) is 9.20. The van der Waals surface area contributed by atoms with E-state index >= 15 is 0 Å². The largest absolute Gasteiger partial charge is 0.352 e. The van der Waals surface area contributed by atoms with Crippen molar-refractivity contribution in [1.29, 1.82) is 0 Å². The zero-order chi connectivity index (χ0) is 13.8. The van der Waals surface area contributed by atoms with Crippen molar-refractivity contribution in [1.82, 2.24) is 20.4 Å². The summed E-state index contributed by atoms with van der Waals surface area (Å²) in [6.07, 6.45) is 2.14. The number of halogens is 2. The molecule has 1 heterocycles. The monoisotopic (exact) mass is 340 g/mol. The van der Waals surface area contributed by atoms with Gasteiger partial charge in [-0.3, -0.25) is 14.5 Å². The summed E-state index contributed by atoms with van der Waals surface area (Å²) in [6, 6.07) is 0.197. The summed E-state index contributed by atoms with van der Waals surface area (Å²) in [7, 11) is 1.70. The molecule has 2 rings (SSSR count). The average molecular weight is 341 g/mol. The van der Waals surface area contributed by atoms with E-state index in [2.05, 4.69) is 15.5 Å².